The number of hydrogen-bond donors (Lipinski definition) is 1. The van der Waals surface area contributed by atoms with Crippen LogP contribution in [0.1, 0.15) is 83.5 Å². The molecule has 92 valence electrons. The molecule has 2 saturated carbocycles. The predicted molar refractivity (Wildman–Crippen MR) is 68.6 cm³/mol. The predicted octanol–water partition coefficient (Wildman–Crippen LogP) is 4.17. The normalized spacial score (nSPS) is 33.0. The Balaban J connectivity index is 1.72. The monoisotopic (exact) mass is 221 g/mol. The first kappa shape index (κ1) is 11.1. The van der Waals surface area contributed by atoms with E-state index in [1.165, 1.54) is 83.5 Å². The van der Waals surface area contributed by atoms with E-state index in [9.17, 15) is 0 Å². The van der Waals surface area contributed by atoms with Crippen molar-refractivity contribution in [1.82, 2.24) is 5.32 Å². The minimum absolute atomic E-state index is 0.577. The number of rotatable bonds is 0. The van der Waals surface area contributed by atoms with E-state index in [2.05, 4.69) is 5.32 Å². The molecule has 2 spiro atoms. The first-order chi connectivity index (χ1) is 7.83. The molecule has 1 heteroatoms. The smallest absolute Gasteiger partial charge is 0.0186 e. The van der Waals surface area contributed by atoms with Crippen LogP contribution in [0.15, 0.2) is 0 Å². The summed E-state index contributed by atoms with van der Waals surface area (Å²) in [7, 11) is 0. The lowest BCUT2D eigenvalue weighted by atomic mass is 9.67. The van der Waals surface area contributed by atoms with Gasteiger partial charge in [-0.15, -0.1) is 0 Å². The fourth-order valence-corrected chi connectivity index (χ4v) is 4.66. The van der Waals surface area contributed by atoms with E-state index in [0.29, 0.717) is 11.1 Å². The van der Waals surface area contributed by atoms with Crippen LogP contribution in [-0.4, -0.2) is 11.1 Å². The van der Waals surface area contributed by atoms with Crippen LogP contribution in [0.3, 0.4) is 0 Å². The summed E-state index contributed by atoms with van der Waals surface area (Å²) in [6, 6.07) is 0. The van der Waals surface area contributed by atoms with E-state index in [0.717, 1.165) is 0 Å². The maximum absolute atomic E-state index is 4.18. The first-order valence-corrected chi connectivity index (χ1v) is 7.62. The summed E-state index contributed by atoms with van der Waals surface area (Å²) in [5.41, 5.74) is 1.15. The molecule has 0 aromatic heterocycles. The van der Waals surface area contributed by atoms with Gasteiger partial charge in [-0.05, 0) is 44.9 Å². The minimum Gasteiger partial charge on any atom is -0.306 e. The summed E-state index contributed by atoms with van der Waals surface area (Å²) in [6.45, 7) is 0. The maximum atomic E-state index is 4.18. The fraction of sp³-hybridized carbons (Fsp3) is 1.00. The molecule has 0 radical (unpaired) electrons. The van der Waals surface area contributed by atoms with Gasteiger partial charge in [0.2, 0.25) is 0 Å². The van der Waals surface area contributed by atoms with Crippen molar-refractivity contribution in [3.05, 3.63) is 0 Å². The van der Waals surface area contributed by atoms with Gasteiger partial charge in [0, 0.05) is 11.1 Å². The van der Waals surface area contributed by atoms with Gasteiger partial charge in [0.25, 0.3) is 0 Å². The lowest BCUT2D eigenvalue weighted by Gasteiger charge is -2.53. The lowest BCUT2D eigenvalue weighted by molar-refractivity contribution is 0.0667. The molecule has 3 aliphatic rings. The van der Waals surface area contributed by atoms with Gasteiger partial charge in [-0.3, -0.25) is 0 Å². The summed E-state index contributed by atoms with van der Waals surface area (Å²) >= 11 is 0. The van der Waals surface area contributed by atoms with E-state index < -0.39 is 0 Å². The van der Waals surface area contributed by atoms with Crippen molar-refractivity contribution >= 4 is 0 Å². The first-order valence-electron chi connectivity index (χ1n) is 7.62. The Morgan fingerprint density at radius 2 is 0.812 bits per heavy atom. The van der Waals surface area contributed by atoms with Crippen LogP contribution in [0.4, 0.5) is 0 Å². The molecule has 1 saturated heterocycles. The van der Waals surface area contributed by atoms with Gasteiger partial charge < -0.3 is 5.32 Å². The highest BCUT2D eigenvalue weighted by molar-refractivity contribution is 5.04. The SMILES string of the molecule is C1CCC2(CC1)CCCC1(CCCCC1)N2. The molecule has 0 unspecified atom stereocenters. The third-order valence-corrected chi connectivity index (χ3v) is 5.46. The largest absolute Gasteiger partial charge is 0.306 e. The molecule has 0 aromatic carbocycles. The van der Waals surface area contributed by atoms with Crippen molar-refractivity contribution < 1.29 is 0 Å². The molecule has 3 fully saturated rings. The average molecular weight is 221 g/mol. The fourth-order valence-electron chi connectivity index (χ4n) is 4.66. The van der Waals surface area contributed by atoms with E-state index >= 15 is 0 Å². The minimum atomic E-state index is 0.577. The molecule has 1 aliphatic heterocycles. The van der Waals surface area contributed by atoms with Crippen LogP contribution >= 0.6 is 0 Å². The number of hydrogen-bond acceptors (Lipinski definition) is 1. The summed E-state index contributed by atoms with van der Waals surface area (Å²) in [4.78, 5) is 0. The highest BCUT2D eigenvalue weighted by atomic mass is 15.1. The second kappa shape index (κ2) is 4.33. The molecule has 1 nitrogen and oxygen atoms in total. The zero-order valence-corrected chi connectivity index (χ0v) is 10.7. The molecular formula is C15H27N. The second-order valence-electron chi connectivity index (χ2n) is 6.66. The quantitative estimate of drug-likeness (QED) is 0.647. The van der Waals surface area contributed by atoms with Crippen LogP contribution in [0.2, 0.25) is 0 Å². The molecule has 1 heterocycles. The maximum Gasteiger partial charge on any atom is 0.0186 e. The van der Waals surface area contributed by atoms with Crippen LogP contribution < -0.4 is 5.32 Å². The van der Waals surface area contributed by atoms with Crippen molar-refractivity contribution in [3.63, 3.8) is 0 Å². The van der Waals surface area contributed by atoms with Crippen molar-refractivity contribution in [1.29, 1.82) is 0 Å². The zero-order chi connectivity index (χ0) is 10.9. The summed E-state index contributed by atoms with van der Waals surface area (Å²) in [5.74, 6) is 0. The molecule has 0 bridgehead atoms. The highest BCUT2D eigenvalue weighted by Gasteiger charge is 2.44. The Morgan fingerprint density at radius 3 is 1.25 bits per heavy atom. The van der Waals surface area contributed by atoms with Crippen LogP contribution in [0.5, 0.6) is 0 Å². The van der Waals surface area contributed by atoms with Gasteiger partial charge in [0.1, 0.15) is 0 Å². The van der Waals surface area contributed by atoms with Crippen molar-refractivity contribution in [2.24, 2.45) is 0 Å². The van der Waals surface area contributed by atoms with Gasteiger partial charge in [-0.25, -0.2) is 0 Å². The molecular weight excluding hydrogens is 194 g/mol. The van der Waals surface area contributed by atoms with Crippen molar-refractivity contribution in [2.75, 3.05) is 0 Å². The molecule has 1 N–H and O–H groups in total. The Kier molecular flexibility index (Phi) is 2.99. The Bertz CT molecular complexity index is 199. The van der Waals surface area contributed by atoms with Crippen LogP contribution in [0, 0.1) is 0 Å². The Hall–Kier alpha value is -0.0400. The summed E-state index contributed by atoms with van der Waals surface area (Å²) < 4.78 is 0. The molecule has 16 heavy (non-hydrogen) atoms. The Morgan fingerprint density at radius 1 is 0.438 bits per heavy atom. The third-order valence-electron chi connectivity index (χ3n) is 5.46. The summed E-state index contributed by atoms with van der Waals surface area (Å²) in [6.07, 6.45) is 19.2. The second-order valence-corrected chi connectivity index (χ2v) is 6.66. The van der Waals surface area contributed by atoms with Crippen LogP contribution in [0.25, 0.3) is 0 Å². The molecule has 3 rings (SSSR count). The van der Waals surface area contributed by atoms with Crippen molar-refractivity contribution in [3.8, 4) is 0 Å². The highest BCUT2D eigenvalue weighted by Crippen LogP contribution is 2.43. The molecule has 0 atom stereocenters. The lowest BCUT2D eigenvalue weighted by Crippen LogP contribution is -2.62. The van der Waals surface area contributed by atoms with Gasteiger partial charge in [0.05, 0.1) is 0 Å². The van der Waals surface area contributed by atoms with Gasteiger partial charge >= 0.3 is 0 Å². The zero-order valence-electron chi connectivity index (χ0n) is 10.7. The third kappa shape index (κ3) is 2.03. The van der Waals surface area contributed by atoms with E-state index in [-0.39, 0.29) is 0 Å². The Labute approximate surface area is 100 Å². The molecule has 2 aliphatic carbocycles. The molecule has 0 aromatic rings. The van der Waals surface area contributed by atoms with Gasteiger partial charge in [-0.1, -0.05) is 38.5 Å². The van der Waals surface area contributed by atoms with E-state index in [1.807, 2.05) is 0 Å². The van der Waals surface area contributed by atoms with E-state index in [1.54, 1.807) is 0 Å². The topological polar surface area (TPSA) is 12.0 Å². The van der Waals surface area contributed by atoms with Crippen LogP contribution in [-0.2, 0) is 0 Å². The van der Waals surface area contributed by atoms with Crippen molar-refractivity contribution in [2.45, 2.75) is 94.5 Å². The number of piperidine rings is 1. The average Bonchev–Trinajstić information content (AvgIpc) is 2.31. The van der Waals surface area contributed by atoms with Gasteiger partial charge in [-0.2, -0.15) is 0 Å². The standard InChI is InChI=1S/C15H27N/c1-3-8-14(9-4-1)12-7-13-15(16-14)10-5-2-6-11-15/h16H,1-13H2. The molecule has 0 amide bonds. The summed E-state index contributed by atoms with van der Waals surface area (Å²) in [5, 5.41) is 4.18. The van der Waals surface area contributed by atoms with E-state index in [4.69, 9.17) is 0 Å². The number of nitrogens with one attached hydrogen (secondary N) is 1. The van der Waals surface area contributed by atoms with Gasteiger partial charge in [0.15, 0.2) is 0 Å².